The van der Waals surface area contributed by atoms with E-state index in [4.69, 9.17) is 22.1 Å². The zero-order valence-electron chi connectivity index (χ0n) is 23.1. The second-order valence-corrected chi connectivity index (χ2v) is 11.6. The molecule has 0 saturated carbocycles. The van der Waals surface area contributed by atoms with E-state index >= 15 is 0 Å². The first kappa shape index (κ1) is 28.3. The van der Waals surface area contributed by atoms with Crippen LogP contribution in [0.3, 0.4) is 0 Å². The van der Waals surface area contributed by atoms with E-state index in [-0.39, 0.29) is 18.5 Å². The summed E-state index contributed by atoms with van der Waals surface area (Å²) >= 11 is 6.06. The number of primary amides is 1. The van der Waals surface area contributed by atoms with Crippen molar-refractivity contribution < 1.29 is 14.6 Å². The van der Waals surface area contributed by atoms with E-state index in [1.807, 2.05) is 48.5 Å². The quantitative estimate of drug-likeness (QED) is 0.393. The molecule has 2 aromatic carbocycles. The number of nitrogens with two attached hydrogens (primary N) is 1. The number of hydrogen-bond acceptors (Lipinski definition) is 6. The van der Waals surface area contributed by atoms with E-state index in [9.17, 15) is 9.90 Å². The lowest BCUT2D eigenvalue weighted by atomic mass is 9.90. The molecule has 0 aliphatic carbocycles. The number of hydrogen-bond donors (Lipinski definition) is 2. The first-order valence-electron chi connectivity index (χ1n) is 13.8. The predicted molar refractivity (Wildman–Crippen MR) is 158 cm³/mol. The maximum atomic E-state index is 11.9. The summed E-state index contributed by atoms with van der Waals surface area (Å²) < 4.78 is 6.13. The summed E-state index contributed by atoms with van der Waals surface area (Å²) in [6.45, 7) is 7.62. The normalized spacial score (nSPS) is 18.3. The van der Waals surface area contributed by atoms with Gasteiger partial charge in [0.1, 0.15) is 12.4 Å². The van der Waals surface area contributed by atoms with Gasteiger partial charge in [0.05, 0.1) is 17.8 Å². The highest BCUT2D eigenvalue weighted by Crippen LogP contribution is 2.38. The summed E-state index contributed by atoms with van der Waals surface area (Å²) in [6, 6.07) is 18.0. The summed E-state index contributed by atoms with van der Waals surface area (Å²) in [6.07, 6.45) is 5.89. The van der Waals surface area contributed by atoms with E-state index in [1.54, 1.807) is 20.0 Å². The molecule has 8 heteroatoms. The van der Waals surface area contributed by atoms with Gasteiger partial charge in [0.25, 0.3) is 0 Å². The van der Waals surface area contributed by atoms with Crippen molar-refractivity contribution in [3.05, 3.63) is 99.8 Å². The second kappa shape index (κ2) is 12.1. The molecule has 2 aliphatic rings. The topological polar surface area (TPSA) is 91.9 Å². The van der Waals surface area contributed by atoms with Crippen LogP contribution in [0.5, 0.6) is 5.75 Å². The Hall–Kier alpha value is -3.23. The van der Waals surface area contributed by atoms with Gasteiger partial charge in [-0.3, -0.25) is 14.7 Å². The van der Waals surface area contributed by atoms with Crippen LogP contribution in [0.4, 0.5) is 0 Å². The van der Waals surface area contributed by atoms with Gasteiger partial charge in [-0.05, 0) is 80.3 Å². The predicted octanol–water partition coefficient (Wildman–Crippen LogP) is 4.74. The third-order valence-electron chi connectivity index (χ3n) is 7.74. The molecule has 1 amide bonds. The van der Waals surface area contributed by atoms with Crippen molar-refractivity contribution in [2.75, 3.05) is 26.2 Å². The highest BCUT2D eigenvalue weighted by molar-refractivity contribution is 6.30. The number of benzene rings is 2. The van der Waals surface area contributed by atoms with Crippen LogP contribution in [0.1, 0.15) is 54.6 Å². The fourth-order valence-electron chi connectivity index (χ4n) is 5.60. The Labute approximate surface area is 241 Å². The Balaban J connectivity index is 1.32. The zero-order valence-corrected chi connectivity index (χ0v) is 23.9. The van der Waals surface area contributed by atoms with Gasteiger partial charge in [-0.1, -0.05) is 41.9 Å². The molecule has 3 N–H and O–H groups in total. The van der Waals surface area contributed by atoms with Gasteiger partial charge in [0.15, 0.2) is 0 Å². The van der Waals surface area contributed by atoms with Crippen molar-refractivity contribution in [3.63, 3.8) is 0 Å². The van der Waals surface area contributed by atoms with Gasteiger partial charge >= 0.3 is 0 Å². The molecular weight excluding hydrogens is 524 g/mol. The molecule has 1 aromatic heterocycles. The standard InChI is InChI=1S/C32H37ClN4O3/c1-32(2,39)23-9-12-30-28(17-23)26(27-5-3-14-35-29(27)21-40-30)6-4-15-36-16-13-25(19-36)37(20-31(34)38)18-22-7-10-24(33)11-8-22/h3,5-12,14,17,25,39H,4,13,15-16,18-21H2,1-2H3,(H2,34,38)/t25-/m1/s1. The van der Waals surface area contributed by atoms with Crippen LogP contribution in [0, 0.1) is 0 Å². The number of nitrogens with zero attached hydrogens (tertiary/aromatic N) is 3. The van der Waals surface area contributed by atoms with Crippen LogP contribution in [0.2, 0.25) is 5.02 Å². The zero-order chi connectivity index (χ0) is 28.3. The van der Waals surface area contributed by atoms with Gasteiger partial charge in [-0.2, -0.15) is 0 Å². The molecule has 5 rings (SSSR count). The molecular formula is C32H37ClN4O3. The molecule has 3 aromatic rings. The number of ether oxygens (including phenoxy) is 1. The van der Waals surface area contributed by atoms with Crippen molar-refractivity contribution >= 4 is 23.1 Å². The molecule has 1 saturated heterocycles. The lowest BCUT2D eigenvalue weighted by Gasteiger charge is -2.28. The lowest BCUT2D eigenvalue weighted by Crippen LogP contribution is -2.42. The average molecular weight is 561 g/mol. The SMILES string of the molecule is CC(C)(O)c1ccc2c(c1)C(=CCCN1CC[C@@H](N(CC(N)=O)Cc3ccc(Cl)cc3)C1)c1cccnc1CO2. The fraction of sp³-hybridized carbons (Fsp3) is 0.375. The first-order valence-corrected chi connectivity index (χ1v) is 14.2. The number of carbonyl (C=O) groups is 1. The molecule has 2 aliphatic heterocycles. The summed E-state index contributed by atoms with van der Waals surface area (Å²) in [5.41, 5.74) is 10.6. The van der Waals surface area contributed by atoms with Crippen LogP contribution in [0.15, 0.2) is 66.9 Å². The van der Waals surface area contributed by atoms with Crippen molar-refractivity contribution in [1.29, 1.82) is 0 Å². The van der Waals surface area contributed by atoms with Crippen molar-refractivity contribution in [1.82, 2.24) is 14.8 Å². The molecule has 40 heavy (non-hydrogen) atoms. The molecule has 0 bridgehead atoms. The monoisotopic (exact) mass is 560 g/mol. The Morgan fingerprint density at radius 3 is 2.77 bits per heavy atom. The molecule has 0 spiro atoms. The van der Waals surface area contributed by atoms with Gasteiger partial charge < -0.3 is 20.5 Å². The van der Waals surface area contributed by atoms with Crippen molar-refractivity contribution in [2.24, 2.45) is 5.73 Å². The first-order chi connectivity index (χ1) is 19.2. The fourth-order valence-corrected chi connectivity index (χ4v) is 5.73. The van der Waals surface area contributed by atoms with E-state index in [1.165, 1.54) is 0 Å². The average Bonchev–Trinajstić information content (AvgIpc) is 3.33. The number of amides is 1. The minimum absolute atomic E-state index is 0.231. The Morgan fingerprint density at radius 1 is 1.23 bits per heavy atom. The number of aromatic nitrogens is 1. The number of carbonyl (C=O) groups excluding carboxylic acids is 1. The van der Waals surface area contributed by atoms with Crippen molar-refractivity contribution in [2.45, 2.75) is 51.5 Å². The largest absolute Gasteiger partial charge is 0.487 e. The molecule has 0 unspecified atom stereocenters. The molecule has 0 radical (unpaired) electrons. The summed E-state index contributed by atoms with van der Waals surface area (Å²) in [5.74, 6) is 0.479. The van der Waals surface area contributed by atoms with Gasteiger partial charge in [0.2, 0.25) is 5.91 Å². The maximum Gasteiger partial charge on any atom is 0.231 e. The molecule has 7 nitrogen and oxygen atoms in total. The van der Waals surface area contributed by atoms with Crippen LogP contribution < -0.4 is 10.5 Å². The molecule has 3 heterocycles. The summed E-state index contributed by atoms with van der Waals surface area (Å²) in [7, 11) is 0. The molecule has 1 fully saturated rings. The van der Waals surface area contributed by atoms with E-state index in [0.717, 1.165) is 71.7 Å². The number of pyridine rings is 1. The molecule has 210 valence electrons. The molecule has 1 atom stereocenters. The van der Waals surface area contributed by atoms with Crippen LogP contribution >= 0.6 is 11.6 Å². The van der Waals surface area contributed by atoms with E-state index in [0.29, 0.717) is 18.2 Å². The smallest absolute Gasteiger partial charge is 0.231 e. The number of aliphatic hydroxyl groups is 1. The van der Waals surface area contributed by atoms with Crippen LogP contribution in [-0.4, -0.2) is 58.0 Å². The van der Waals surface area contributed by atoms with Gasteiger partial charge in [0, 0.05) is 48.0 Å². The lowest BCUT2D eigenvalue weighted by molar-refractivity contribution is -0.119. The minimum atomic E-state index is -0.961. The third kappa shape index (κ3) is 6.73. The Morgan fingerprint density at radius 2 is 2.02 bits per heavy atom. The van der Waals surface area contributed by atoms with Crippen LogP contribution in [0.25, 0.3) is 5.57 Å². The Bertz CT molecular complexity index is 1380. The van der Waals surface area contributed by atoms with Gasteiger partial charge in [-0.15, -0.1) is 0 Å². The second-order valence-electron chi connectivity index (χ2n) is 11.2. The number of halogens is 1. The number of fused-ring (bicyclic) bond motifs is 2. The van der Waals surface area contributed by atoms with Gasteiger partial charge in [-0.25, -0.2) is 0 Å². The van der Waals surface area contributed by atoms with Crippen LogP contribution in [-0.2, 0) is 23.5 Å². The summed E-state index contributed by atoms with van der Waals surface area (Å²) in [5, 5.41) is 11.4. The minimum Gasteiger partial charge on any atom is -0.487 e. The number of likely N-dealkylation sites (tertiary alicyclic amines) is 1. The van der Waals surface area contributed by atoms with E-state index in [2.05, 4.69) is 26.9 Å². The Kier molecular flexibility index (Phi) is 8.57. The van der Waals surface area contributed by atoms with Crippen molar-refractivity contribution in [3.8, 4) is 5.75 Å². The summed E-state index contributed by atoms with van der Waals surface area (Å²) in [4.78, 5) is 21.1. The third-order valence-corrected chi connectivity index (χ3v) is 7.99. The highest BCUT2D eigenvalue weighted by Gasteiger charge is 2.29. The van der Waals surface area contributed by atoms with E-state index < -0.39 is 5.60 Å². The highest BCUT2D eigenvalue weighted by atomic mass is 35.5. The number of rotatable bonds is 9. The maximum absolute atomic E-state index is 11.9.